The van der Waals surface area contributed by atoms with Crippen LogP contribution in [-0.4, -0.2) is 46.0 Å². The van der Waals surface area contributed by atoms with Gasteiger partial charge in [-0.05, 0) is 11.5 Å². The van der Waals surface area contributed by atoms with Crippen LogP contribution >= 0.6 is 11.8 Å². The highest BCUT2D eigenvalue weighted by Gasteiger charge is 2.18. The molecule has 0 radical (unpaired) electrons. The van der Waals surface area contributed by atoms with Crippen LogP contribution in [0.25, 0.3) is 0 Å². The van der Waals surface area contributed by atoms with Crippen LogP contribution in [0.15, 0.2) is 30.3 Å². The lowest BCUT2D eigenvalue weighted by atomic mass is 10.2. The molecule has 1 aromatic carbocycles. The molecule has 0 amide bonds. The molecule has 2 nitrogen and oxygen atoms in total. The predicted octanol–water partition coefficient (Wildman–Crippen LogP) is 2.62. The molecule has 0 spiro atoms. The van der Waals surface area contributed by atoms with Crippen LogP contribution in [0.3, 0.4) is 0 Å². The highest BCUT2D eigenvalue weighted by molar-refractivity contribution is 7.98. The number of thioether (sulfide) groups is 1. The first-order valence-corrected chi connectivity index (χ1v) is 9.57. The Morgan fingerprint density at radius 2 is 2.16 bits per heavy atom. The molecule has 0 saturated carbocycles. The normalized spacial score (nSPS) is 25.1. The van der Waals surface area contributed by atoms with Crippen molar-refractivity contribution in [2.75, 3.05) is 36.9 Å². The van der Waals surface area contributed by atoms with Gasteiger partial charge in [-0.3, -0.25) is 4.21 Å². The average molecular weight is 297 g/mol. The average Bonchev–Trinajstić information content (AvgIpc) is 2.57. The number of hydrogen-bond donors (Lipinski definition) is 0. The van der Waals surface area contributed by atoms with Gasteiger partial charge in [0.05, 0.1) is 0 Å². The van der Waals surface area contributed by atoms with Crippen molar-refractivity contribution in [2.45, 2.75) is 12.7 Å². The zero-order valence-corrected chi connectivity index (χ0v) is 13.2. The molecule has 106 valence electrons. The van der Waals surface area contributed by atoms with Gasteiger partial charge in [-0.25, -0.2) is 0 Å². The Morgan fingerprint density at radius 3 is 2.95 bits per heavy atom. The van der Waals surface area contributed by atoms with Gasteiger partial charge in [0.1, 0.15) is 0 Å². The molecule has 1 aliphatic rings. The second-order valence-corrected chi connectivity index (χ2v) is 7.98. The van der Waals surface area contributed by atoms with E-state index in [0.717, 1.165) is 42.6 Å². The van der Waals surface area contributed by atoms with E-state index >= 15 is 0 Å². The maximum absolute atomic E-state index is 11.6. The molecular weight excluding hydrogens is 274 g/mol. The number of hydrogen-bond acceptors (Lipinski definition) is 3. The summed E-state index contributed by atoms with van der Waals surface area (Å²) in [5.41, 5.74) is 1.40. The summed E-state index contributed by atoms with van der Waals surface area (Å²) in [5, 5.41) is 0. The van der Waals surface area contributed by atoms with Gasteiger partial charge in [0.2, 0.25) is 0 Å². The van der Waals surface area contributed by atoms with Crippen LogP contribution in [0.2, 0.25) is 0 Å². The van der Waals surface area contributed by atoms with Crippen LogP contribution in [0, 0.1) is 5.92 Å². The van der Waals surface area contributed by atoms with Crippen molar-refractivity contribution in [3.63, 3.8) is 0 Å². The minimum atomic E-state index is -0.594. The predicted molar refractivity (Wildman–Crippen MR) is 86.1 cm³/mol. The first-order chi connectivity index (χ1) is 9.24. The van der Waals surface area contributed by atoms with E-state index in [0.29, 0.717) is 5.92 Å². The Hall–Kier alpha value is -0.320. The van der Waals surface area contributed by atoms with E-state index in [1.165, 1.54) is 5.56 Å². The number of benzene rings is 1. The summed E-state index contributed by atoms with van der Waals surface area (Å²) in [7, 11) is -0.594. The second-order valence-electron chi connectivity index (χ2n) is 5.25. The molecule has 0 aromatic heterocycles. The van der Waals surface area contributed by atoms with Crippen LogP contribution in [0.5, 0.6) is 0 Å². The Labute approximate surface area is 123 Å². The molecular formula is C15H23NOS2. The monoisotopic (exact) mass is 297 g/mol. The van der Waals surface area contributed by atoms with Crippen LogP contribution < -0.4 is 0 Å². The first kappa shape index (κ1) is 15.1. The van der Waals surface area contributed by atoms with E-state index in [1.54, 1.807) is 0 Å². The molecule has 1 aliphatic heterocycles. The topological polar surface area (TPSA) is 20.3 Å². The summed E-state index contributed by atoms with van der Waals surface area (Å²) in [5.74, 6) is 4.56. The van der Waals surface area contributed by atoms with Gasteiger partial charge in [0.15, 0.2) is 0 Å². The first-order valence-electron chi connectivity index (χ1n) is 6.93. The summed E-state index contributed by atoms with van der Waals surface area (Å²) in [6, 6.07) is 10.6. The maximum Gasteiger partial charge on any atom is 0.0362 e. The van der Waals surface area contributed by atoms with Crippen molar-refractivity contribution in [1.82, 2.24) is 4.90 Å². The third-order valence-corrected chi connectivity index (χ3v) is 5.93. The van der Waals surface area contributed by atoms with Gasteiger partial charge in [-0.2, -0.15) is 11.8 Å². The summed E-state index contributed by atoms with van der Waals surface area (Å²) in [6.45, 7) is 5.45. The lowest BCUT2D eigenvalue weighted by molar-refractivity contribution is 0.281. The number of rotatable bonds is 5. The summed E-state index contributed by atoms with van der Waals surface area (Å²) in [6.07, 6.45) is 0. The summed E-state index contributed by atoms with van der Waals surface area (Å²) >= 11 is 1.99. The van der Waals surface area contributed by atoms with Crippen LogP contribution in [-0.2, 0) is 16.6 Å². The Kier molecular flexibility index (Phi) is 6.41. The molecule has 19 heavy (non-hydrogen) atoms. The van der Waals surface area contributed by atoms with Gasteiger partial charge >= 0.3 is 0 Å². The second kappa shape index (κ2) is 8.08. The van der Waals surface area contributed by atoms with Gasteiger partial charge < -0.3 is 4.90 Å². The van der Waals surface area contributed by atoms with Gasteiger partial charge in [-0.1, -0.05) is 37.3 Å². The fourth-order valence-electron chi connectivity index (χ4n) is 2.38. The van der Waals surface area contributed by atoms with Crippen molar-refractivity contribution >= 4 is 22.6 Å². The summed E-state index contributed by atoms with van der Waals surface area (Å²) < 4.78 is 11.6. The largest absolute Gasteiger partial charge is 0.301 e. The Bertz CT molecular complexity index is 396. The minimum Gasteiger partial charge on any atom is -0.301 e. The highest BCUT2D eigenvalue weighted by Crippen LogP contribution is 2.13. The zero-order chi connectivity index (χ0) is 13.5. The lowest BCUT2D eigenvalue weighted by Crippen LogP contribution is -2.31. The Morgan fingerprint density at radius 1 is 1.37 bits per heavy atom. The third kappa shape index (κ3) is 5.67. The number of nitrogens with zero attached hydrogens (tertiary/aromatic N) is 1. The molecule has 0 unspecified atom stereocenters. The molecule has 1 heterocycles. The zero-order valence-electron chi connectivity index (χ0n) is 11.6. The summed E-state index contributed by atoms with van der Waals surface area (Å²) in [4.78, 5) is 2.48. The molecule has 1 aromatic rings. The van der Waals surface area contributed by atoms with Crippen molar-refractivity contribution < 1.29 is 4.21 Å². The third-order valence-electron chi connectivity index (χ3n) is 3.34. The standard InChI is InChI=1S/C15H23NOS2/c1-14-11-16(8-10-19(17)13-14)7-9-18-12-15-5-3-2-4-6-15/h2-6,14H,7-13H2,1H3/t14-,19-/m0/s1. The smallest absolute Gasteiger partial charge is 0.0362 e. The molecule has 1 saturated heterocycles. The Balaban J connectivity index is 1.66. The van der Waals surface area contributed by atoms with Gasteiger partial charge in [0.25, 0.3) is 0 Å². The van der Waals surface area contributed by atoms with Crippen molar-refractivity contribution in [1.29, 1.82) is 0 Å². The van der Waals surface area contributed by atoms with E-state index < -0.39 is 10.8 Å². The van der Waals surface area contributed by atoms with Crippen LogP contribution in [0.4, 0.5) is 0 Å². The fraction of sp³-hybridized carbons (Fsp3) is 0.600. The van der Waals surface area contributed by atoms with E-state index in [-0.39, 0.29) is 0 Å². The van der Waals surface area contributed by atoms with E-state index in [2.05, 4.69) is 42.2 Å². The molecule has 0 bridgehead atoms. The minimum absolute atomic E-state index is 0.572. The van der Waals surface area contributed by atoms with Crippen molar-refractivity contribution in [2.24, 2.45) is 5.92 Å². The SMILES string of the molecule is C[C@H]1CN(CCSCc2ccccc2)CC[S@](=O)C1. The van der Waals surface area contributed by atoms with Crippen molar-refractivity contribution in [3.05, 3.63) is 35.9 Å². The van der Waals surface area contributed by atoms with Crippen LogP contribution in [0.1, 0.15) is 12.5 Å². The van der Waals surface area contributed by atoms with Gasteiger partial charge in [-0.15, -0.1) is 0 Å². The van der Waals surface area contributed by atoms with E-state index in [1.807, 2.05) is 11.8 Å². The fourth-order valence-corrected chi connectivity index (χ4v) is 4.71. The molecule has 0 aliphatic carbocycles. The lowest BCUT2D eigenvalue weighted by Gasteiger charge is -2.21. The molecule has 2 rings (SSSR count). The van der Waals surface area contributed by atoms with E-state index in [4.69, 9.17) is 0 Å². The maximum atomic E-state index is 11.6. The highest BCUT2D eigenvalue weighted by atomic mass is 32.2. The quantitative estimate of drug-likeness (QED) is 0.779. The van der Waals surface area contributed by atoms with E-state index in [9.17, 15) is 4.21 Å². The van der Waals surface area contributed by atoms with Crippen molar-refractivity contribution in [3.8, 4) is 0 Å². The molecule has 4 heteroatoms. The molecule has 1 fully saturated rings. The van der Waals surface area contributed by atoms with Gasteiger partial charge in [0, 0.05) is 53.4 Å². The molecule has 2 atom stereocenters. The molecule has 0 N–H and O–H groups in total.